The maximum absolute atomic E-state index is 13.1. The SMILES string of the molecule is CN(Cc1cnn(C)c1)c1ccc(F)cc1[N+](=O)[O-]. The number of nitrogens with zero attached hydrogens (tertiary/aromatic N) is 4. The number of nitro benzene ring substituents is 1. The van der Waals surface area contributed by atoms with Crippen molar-refractivity contribution in [1.29, 1.82) is 0 Å². The molecule has 19 heavy (non-hydrogen) atoms. The minimum Gasteiger partial charge on any atom is -0.365 e. The molecule has 100 valence electrons. The Hall–Kier alpha value is -2.44. The van der Waals surface area contributed by atoms with Crippen LogP contribution in [-0.4, -0.2) is 21.8 Å². The summed E-state index contributed by atoms with van der Waals surface area (Å²) in [5.41, 5.74) is 1.05. The number of nitro groups is 1. The molecule has 0 unspecified atom stereocenters. The number of benzene rings is 1. The van der Waals surface area contributed by atoms with E-state index in [1.807, 2.05) is 6.20 Å². The minimum atomic E-state index is -0.620. The summed E-state index contributed by atoms with van der Waals surface area (Å²) < 4.78 is 14.7. The van der Waals surface area contributed by atoms with Gasteiger partial charge in [-0.05, 0) is 12.1 Å². The number of rotatable bonds is 4. The van der Waals surface area contributed by atoms with E-state index in [2.05, 4.69) is 5.10 Å². The van der Waals surface area contributed by atoms with Gasteiger partial charge in [0.25, 0.3) is 5.69 Å². The molecule has 0 aliphatic carbocycles. The molecule has 1 aromatic carbocycles. The van der Waals surface area contributed by atoms with E-state index in [0.717, 1.165) is 11.6 Å². The molecule has 0 saturated heterocycles. The minimum absolute atomic E-state index is 0.244. The predicted molar refractivity (Wildman–Crippen MR) is 68.4 cm³/mol. The molecule has 0 saturated carbocycles. The van der Waals surface area contributed by atoms with Crippen LogP contribution in [0.25, 0.3) is 0 Å². The quantitative estimate of drug-likeness (QED) is 0.626. The summed E-state index contributed by atoms with van der Waals surface area (Å²) in [6.07, 6.45) is 3.51. The maximum Gasteiger partial charge on any atom is 0.295 e. The molecule has 0 radical (unpaired) electrons. The highest BCUT2D eigenvalue weighted by Gasteiger charge is 2.18. The lowest BCUT2D eigenvalue weighted by Crippen LogP contribution is -2.17. The van der Waals surface area contributed by atoms with Crippen molar-refractivity contribution in [2.45, 2.75) is 6.54 Å². The summed E-state index contributed by atoms with van der Waals surface area (Å²) >= 11 is 0. The van der Waals surface area contributed by atoms with Gasteiger partial charge in [0, 0.05) is 32.4 Å². The van der Waals surface area contributed by atoms with Crippen LogP contribution in [0.5, 0.6) is 0 Å². The van der Waals surface area contributed by atoms with Crippen LogP contribution in [0.2, 0.25) is 0 Å². The number of halogens is 1. The zero-order valence-electron chi connectivity index (χ0n) is 10.6. The lowest BCUT2D eigenvalue weighted by molar-refractivity contribution is -0.384. The summed E-state index contributed by atoms with van der Waals surface area (Å²) in [7, 11) is 3.51. The molecule has 6 nitrogen and oxygen atoms in total. The number of anilines is 1. The van der Waals surface area contributed by atoms with Crippen molar-refractivity contribution in [2.24, 2.45) is 7.05 Å². The Morgan fingerprint density at radius 2 is 2.26 bits per heavy atom. The molecule has 0 bridgehead atoms. The predicted octanol–water partition coefficient (Wildman–Crippen LogP) is 2.10. The van der Waals surface area contributed by atoms with Crippen LogP contribution in [0, 0.1) is 15.9 Å². The summed E-state index contributed by atoms with van der Waals surface area (Å²) in [6.45, 7) is 0.459. The van der Waals surface area contributed by atoms with Gasteiger partial charge in [0.05, 0.1) is 17.2 Å². The first-order valence-corrected chi connectivity index (χ1v) is 5.60. The second-order valence-electron chi connectivity index (χ2n) is 4.27. The molecule has 0 aliphatic heterocycles. The van der Waals surface area contributed by atoms with Crippen LogP contribution in [0.1, 0.15) is 5.56 Å². The normalized spacial score (nSPS) is 10.5. The largest absolute Gasteiger partial charge is 0.365 e. The van der Waals surface area contributed by atoms with Crippen molar-refractivity contribution >= 4 is 11.4 Å². The molecule has 2 aromatic rings. The molecule has 0 atom stereocenters. The number of aromatic nitrogens is 2. The molecule has 0 aliphatic rings. The van der Waals surface area contributed by atoms with Gasteiger partial charge in [-0.2, -0.15) is 5.10 Å². The van der Waals surface area contributed by atoms with Crippen molar-refractivity contribution in [1.82, 2.24) is 9.78 Å². The standard InChI is InChI=1S/C12H13FN4O2/c1-15(7-9-6-14-16(2)8-9)11-4-3-10(13)5-12(11)17(18)19/h3-6,8H,7H2,1-2H3. The summed E-state index contributed by atoms with van der Waals surface area (Å²) in [4.78, 5) is 12.0. The third-order valence-electron chi connectivity index (χ3n) is 2.72. The second kappa shape index (κ2) is 5.05. The third kappa shape index (κ3) is 2.87. The molecule has 7 heteroatoms. The molecule has 0 N–H and O–H groups in total. The summed E-state index contributed by atoms with van der Waals surface area (Å²) in [5.74, 6) is -0.620. The first-order valence-electron chi connectivity index (χ1n) is 5.60. The van der Waals surface area contributed by atoms with Crippen molar-refractivity contribution in [3.8, 4) is 0 Å². The van der Waals surface area contributed by atoms with Crippen molar-refractivity contribution in [3.05, 3.63) is 52.1 Å². The lowest BCUT2D eigenvalue weighted by atomic mass is 10.2. The van der Waals surface area contributed by atoms with Gasteiger partial charge in [0.2, 0.25) is 0 Å². The average Bonchev–Trinajstić information content (AvgIpc) is 2.74. The highest BCUT2D eigenvalue weighted by Crippen LogP contribution is 2.28. The van der Waals surface area contributed by atoms with Crippen molar-refractivity contribution in [2.75, 3.05) is 11.9 Å². The fraction of sp³-hybridized carbons (Fsp3) is 0.250. The molecular weight excluding hydrogens is 251 g/mol. The van der Waals surface area contributed by atoms with Crippen LogP contribution in [-0.2, 0) is 13.6 Å². The zero-order valence-corrected chi connectivity index (χ0v) is 10.6. The Morgan fingerprint density at radius 3 is 2.84 bits per heavy atom. The van der Waals surface area contributed by atoms with Gasteiger partial charge in [0.15, 0.2) is 0 Å². The Balaban J connectivity index is 2.28. The highest BCUT2D eigenvalue weighted by atomic mass is 19.1. The molecule has 1 aromatic heterocycles. The maximum atomic E-state index is 13.1. The first kappa shape index (κ1) is 13.0. The topological polar surface area (TPSA) is 64.2 Å². The zero-order chi connectivity index (χ0) is 14.0. The van der Waals surface area contributed by atoms with Gasteiger partial charge < -0.3 is 4.90 Å². The van der Waals surface area contributed by atoms with E-state index in [-0.39, 0.29) is 5.69 Å². The van der Waals surface area contributed by atoms with Gasteiger partial charge in [0.1, 0.15) is 11.5 Å². The van der Waals surface area contributed by atoms with Crippen LogP contribution in [0.15, 0.2) is 30.6 Å². The van der Waals surface area contributed by atoms with Crippen LogP contribution < -0.4 is 4.90 Å². The number of aryl methyl sites for hydroxylation is 1. The molecule has 0 spiro atoms. The van der Waals surface area contributed by atoms with E-state index in [1.54, 1.807) is 29.9 Å². The van der Waals surface area contributed by atoms with Gasteiger partial charge in [-0.1, -0.05) is 0 Å². The van der Waals surface area contributed by atoms with Gasteiger partial charge >= 0.3 is 0 Å². The van der Waals surface area contributed by atoms with E-state index in [9.17, 15) is 14.5 Å². The van der Waals surface area contributed by atoms with Gasteiger partial charge in [-0.25, -0.2) is 4.39 Å². The Morgan fingerprint density at radius 1 is 1.53 bits per heavy atom. The number of hydrogen-bond acceptors (Lipinski definition) is 4. The fourth-order valence-electron chi connectivity index (χ4n) is 1.88. The summed E-state index contributed by atoms with van der Waals surface area (Å²) in [6, 6.07) is 3.54. The molecule has 1 heterocycles. The van der Waals surface area contributed by atoms with Gasteiger partial charge in [-0.3, -0.25) is 14.8 Å². The second-order valence-corrected chi connectivity index (χ2v) is 4.27. The monoisotopic (exact) mass is 264 g/mol. The third-order valence-corrected chi connectivity index (χ3v) is 2.72. The smallest absolute Gasteiger partial charge is 0.295 e. The van der Waals surface area contributed by atoms with Crippen molar-refractivity contribution < 1.29 is 9.31 Å². The van der Waals surface area contributed by atoms with Crippen molar-refractivity contribution in [3.63, 3.8) is 0 Å². The van der Waals surface area contributed by atoms with Crippen LogP contribution in [0.4, 0.5) is 15.8 Å². The molecular formula is C12H13FN4O2. The highest BCUT2D eigenvalue weighted by molar-refractivity contribution is 5.62. The van der Waals surface area contributed by atoms with E-state index in [4.69, 9.17) is 0 Å². The molecule has 0 fully saturated rings. The van der Waals surface area contributed by atoms with Crippen LogP contribution >= 0.6 is 0 Å². The van der Waals surface area contributed by atoms with E-state index < -0.39 is 10.7 Å². The van der Waals surface area contributed by atoms with E-state index in [0.29, 0.717) is 12.2 Å². The first-order chi connectivity index (χ1) is 8.97. The van der Waals surface area contributed by atoms with E-state index >= 15 is 0 Å². The number of hydrogen-bond donors (Lipinski definition) is 0. The summed E-state index contributed by atoms with van der Waals surface area (Å²) in [5, 5.41) is 15.0. The van der Waals surface area contributed by atoms with E-state index in [1.165, 1.54) is 12.1 Å². The Kier molecular flexibility index (Phi) is 3.46. The Labute approximate surface area is 109 Å². The fourth-order valence-corrected chi connectivity index (χ4v) is 1.88. The van der Waals surface area contributed by atoms with Crippen LogP contribution in [0.3, 0.4) is 0 Å². The molecule has 2 rings (SSSR count). The van der Waals surface area contributed by atoms with Gasteiger partial charge in [-0.15, -0.1) is 0 Å². The average molecular weight is 264 g/mol. The lowest BCUT2D eigenvalue weighted by Gasteiger charge is -2.18. The Bertz CT molecular complexity index is 612. The molecule has 0 amide bonds.